The average molecular weight is 259 g/mol. The largest absolute Gasteiger partial charge is 0.480 e. The fourth-order valence-electron chi connectivity index (χ4n) is 1.53. The van der Waals surface area contributed by atoms with Crippen LogP contribution in [0.4, 0.5) is 0 Å². The lowest BCUT2D eigenvalue weighted by Gasteiger charge is -2.21. The van der Waals surface area contributed by atoms with Crippen molar-refractivity contribution in [3.8, 4) is 0 Å². The van der Waals surface area contributed by atoms with Crippen LogP contribution >= 0.6 is 0 Å². The molecular formula is C12H25N3O3. The lowest BCUT2D eigenvalue weighted by molar-refractivity contribution is -0.142. The maximum absolute atomic E-state index is 11.8. The molecule has 0 radical (unpaired) electrons. The first-order chi connectivity index (χ1) is 8.43. The first-order valence-electron chi connectivity index (χ1n) is 6.42. The van der Waals surface area contributed by atoms with Gasteiger partial charge in [0.05, 0.1) is 6.04 Å². The number of aliphatic carboxylic acids is 1. The van der Waals surface area contributed by atoms with E-state index < -0.39 is 24.0 Å². The second-order valence-corrected chi connectivity index (χ2v) is 4.60. The van der Waals surface area contributed by atoms with Gasteiger partial charge in [0.25, 0.3) is 0 Å². The van der Waals surface area contributed by atoms with E-state index in [4.69, 9.17) is 16.6 Å². The number of carboxylic acid groups (broad SMARTS) is 1. The first-order valence-corrected chi connectivity index (χ1v) is 6.42. The van der Waals surface area contributed by atoms with Crippen LogP contribution in [0.15, 0.2) is 0 Å². The Kier molecular flexibility index (Phi) is 8.32. The zero-order valence-corrected chi connectivity index (χ0v) is 11.2. The molecule has 0 aliphatic heterocycles. The average Bonchev–Trinajstić information content (AvgIpc) is 2.35. The molecule has 0 aromatic rings. The van der Waals surface area contributed by atoms with Crippen LogP contribution in [-0.2, 0) is 9.59 Å². The minimum absolute atomic E-state index is 0.0310. The van der Waals surface area contributed by atoms with Crippen LogP contribution in [-0.4, -0.2) is 35.6 Å². The topological polar surface area (TPSA) is 118 Å². The van der Waals surface area contributed by atoms with Crippen LogP contribution in [0.25, 0.3) is 0 Å². The van der Waals surface area contributed by atoms with E-state index in [1.807, 2.05) is 13.8 Å². The highest BCUT2D eigenvalue weighted by Crippen LogP contribution is 2.07. The molecule has 1 amide bonds. The van der Waals surface area contributed by atoms with Gasteiger partial charge >= 0.3 is 5.97 Å². The van der Waals surface area contributed by atoms with Gasteiger partial charge in [-0.25, -0.2) is 4.79 Å². The minimum atomic E-state index is -1.03. The fraction of sp³-hybridized carbons (Fsp3) is 0.833. The number of amides is 1. The third-order valence-corrected chi connectivity index (χ3v) is 3.12. The molecule has 6 heteroatoms. The van der Waals surface area contributed by atoms with Gasteiger partial charge in [0.1, 0.15) is 6.04 Å². The summed E-state index contributed by atoms with van der Waals surface area (Å²) >= 11 is 0. The highest BCUT2D eigenvalue weighted by atomic mass is 16.4. The Bertz CT molecular complexity index is 271. The Labute approximate surface area is 108 Å². The fourth-order valence-corrected chi connectivity index (χ4v) is 1.53. The van der Waals surface area contributed by atoms with Crippen molar-refractivity contribution in [1.82, 2.24) is 5.32 Å². The van der Waals surface area contributed by atoms with E-state index in [-0.39, 0.29) is 5.92 Å². The SMILES string of the molecule is CCC(C)C(N)C(=O)NC(CCCCN)C(=O)O. The van der Waals surface area contributed by atoms with E-state index in [0.717, 1.165) is 12.8 Å². The Morgan fingerprint density at radius 1 is 1.33 bits per heavy atom. The van der Waals surface area contributed by atoms with Gasteiger partial charge in [-0.15, -0.1) is 0 Å². The Morgan fingerprint density at radius 2 is 1.94 bits per heavy atom. The molecule has 0 fully saturated rings. The van der Waals surface area contributed by atoms with Crippen LogP contribution in [0.3, 0.4) is 0 Å². The van der Waals surface area contributed by atoms with Crippen LogP contribution < -0.4 is 16.8 Å². The molecule has 18 heavy (non-hydrogen) atoms. The Hall–Kier alpha value is -1.14. The van der Waals surface area contributed by atoms with Crippen LogP contribution in [0.1, 0.15) is 39.5 Å². The molecule has 0 aliphatic rings. The van der Waals surface area contributed by atoms with Gasteiger partial charge in [0, 0.05) is 0 Å². The van der Waals surface area contributed by atoms with E-state index in [2.05, 4.69) is 5.32 Å². The van der Waals surface area contributed by atoms with Crippen molar-refractivity contribution in [2.45, 2.75) is 51.6 Å². The quantitative estimate of drug-likeness (QED) is 0.437. The third kappa shape index (κ3) is 5.97. The number of carbonyl (C=O) groups excluding carboxylic acids is 1. The summed E-state index contributed by atoms with van der Waals surface area (Å²) < 4.78 is 0. The van der Waals surface area contributed by atoms with Gasteiger partial charge in [-0.2, -0.15) is 0 Å². The van der Waals surface area contributed by atoms with Crippen molar-refractivity contribution in [1.29, 1.82) is 0 Å². The Morgan fingerprint density at radius 3 is 2.39 bits per heavy atom. The molecule has 106 valence electrons. The summed E-state index contributed by atoms with van der Waals surface area (Å²) in [4.78, 5) is 22.8. The summed E-state index contributed by atoms with van der Waals surface area (Å²) in [5, 5.41) is 11.5. The smallest absolute Gasteiger partial charge is 0.326 e. The molecule has 0 saturated heterocycles. The molecule has 3 unspecified atom stereocenters. The van der Waals surface area contributed by atoms with E-state index in [1.165, 1.54) is 0 Å². The van der Waals surface area contributed by atoms with Crippen molar-refractivity contribution < 1.29 is 14.7 Å². The molecule has 0 spiro atoms. The van der Waals surface area contributed by atoms with E-state index in [9.17, 15) is 9.59 Å². The summed E-state index contributed by atoms with van der Waals surface area (Å²) in [6.45, 7) is 4.33. The summed E-state index contributed by atoms with van der Waals surface area (Å²) in [5.41, 5.74) is 11.1. The molecule has 0 saturated carbocycles. The second kappa shape index (κ2) is 8.88. The van der Waals surface area contributed by atoms with Gasteiger partial charge in [0.15, 0.2) is 0 Å². The summed E-state index contributed by atoms with van der Waals surface area (Å²) in [6, 6.07) is -1.54. The first kappa shape index (κ1) is 16.9. The Balaban J connectivity index is 4.31. The van der Waals surface area contributed by atoms with Crippen molar-refractivity contribution in [2.24, 2.45) is 17.4 Å². The number of hydrogen-bond acceptors (Lipinski definition) is 4. The number of unbranched alkanes of at least 4 members (excludes halogenated alkanes) is 1. The van der Waals surface area contributed by atoms with E-state index in [0.29, 0.717) is 19.4 Å². The predicted molar refractivity (Wildman–Crippen MR) is 69.9 cm³/mol. The van der Waals surface area contributed by atoms with Crippen molar-refractivity contribution in [2.75, 3.05) is 6.54 Å². The van der Waals surface area contributed by atoms with E-state index >= 15 is 0 Å². The van der Waals surface area contributed by atoms with Crippen LogP contribution in [0.2, 0.25) is 0 Å². The number of carbonyl (C=O) groups is 2. The number of carboxylic acids is 1. The predicted octanol–water partition coefficient (Wildman–Crippen LogP) is 0.0582. The van der Waals surface area contributed by atoms with Gasteiger partial charge in [-0.1, -0.05) is 20.3 Å². The molecule has 0 heterocycles. The van der Waals surface area contributed by atoms with Crippen molar-refractivity contribution in [3.63, 3.8) is 0 Å². The minimum Gasteiger partial charge on any atom is -0.480 e. The molecule has 6 nitrogen and oxygen atoms in total. The lowest BCUT2D eigenvalue weighted by atomic mass is 9.99. The molecule has 6 N–H and O–H groups in total. The maximum atomic E-state index is 11.8. The van der Waals surface area contributed by atoms with Crippen molar-refractivity contribution in [3.05, 3.63) is 0 Å². The van der Waals surface area contributed by atoms with Gasteiger partial charge in [-0.05, 0) is 31.7 Å². The van der Waals surface area contributed by atoms with Gasteiger partial charge in [0.2, 0.25) is 5.91 Å². The number of nitrogens with one attached hydrogen (secondary N) is 1. The molecule has 0 rings (SSSR count). The lowest BCUT2D eigenvalue weighted by Crippen LogP contribution is -2.50. The van der Waals surface area contributed by atoms with Gasteiger partial charge < -0.3 is 21.9 Å². The molecule has 0 aliphatic carbocycles. The molecule has 3 atom stereocenters. The zero-order chi connectivity index (χ0) is 14.1. The monoisotopic (exact) mass is 259 g/mol. The number of nitrogens with two attached hydrogens (primary N) is 2. The van der Waals surface area contributed by atoms with Crippen LogP contribution in [0.5, 0.6) is 0 Å². The third-order valence-electron chi connectivity index (χ3n) is 3.12. The standard InChI is InChI=1S/C12H25N3O3/c1-3-8(2)10(14)11(16)15-9(12(17)18)6-4-5-7-13/h8-10H,3-7,13-14H2,1-2H3,(H,15,16)(H,17,18). The highest BCUT2D eigenvalue weighted by Gasteiger charge is 2.25. The summed E-state index contributed by atoms with van der Waals surface area (Å²) in [7, 11) is 0. The number of rotatable bonds is 9. The van der Waals surface area contributed by atoms with Crippen LogP contribution in [0, 0.1) is 5.92 Å². The summed E-state index contributed by atoms with van der Waals surface area (Å²) in [6.07, 6.45) is 2.58. The normalized spacial score (nSPS) is 15.8. The number of hydrogen-bond donors (Lipinski definition) is 4. The van der Waals surface area contributed by atoms with E-state index in [1.54, 1.807) is 0 Å². The maximum Gasteiger partial charge on any atom is 0.326 e. The summed E-state index contributed by atoms with van der Waals surface area (Å²) in [5.74, 6) is -1.40. The molecular weight excluding hydrogens is 234 g/mol. The van der Waals surface area contributed by atoms with Crippen molar-refractivity contribution >= 4 is 11.9 Å². The molecule has 0 aromatic heterocycles. The highest BCUT2D eigenvalue weighted by molar-refractivity contribution is 5.86. The molecule has 0 bridgehead atoms. The van der Waals surface area contributed by atoms with Gasteiger partial charge in [-0.3, -0.25) is 4.79 Å². The second-order valence-electron chi connectivity index (χ2n) is 4.60. The molecule has 0 aromatic carbocycles. The zero-order valence-electron chi connectivity index (χ0n) is 11.2.